The van der Waals surface area contributed by atoms with E-state index in [4.69, 9.17) is 0 Å². The van der Waals surface area contributed by atoms with Crippen molar-refractivity contribution in [3.05, 3.63) is 33.8 Å². The molecule has 4 heteroatoms. The molecule has 0 radical (unpaired) electrons. The third-order valence-electron chi connectivity index (χ3n) is 1.92. The summed E-state index contributed by atoms with van der Waals surface area (Å²) in [5, 5.41) is 2.63. The second-order valence-corrected chi connectivity index (χ2v) is 3.83. The quantitative estimate of drug-likeness (QED) is 0.885. The van der Waals surface area contributed by atoms with E-state index in [9.17, 15) is 4.79 Å². The van der Waals surface area contributed by atoms with Gasteiger partial charge in [-0.2, -0.15) is 0 Å². The number of hydrogen-bond donors (Lipinski definition) is 1. The first-order chi connectivity index (χ1) is 6.63. The first kappa shape index (κ1) is 11.0. The number of amides is 1. The second kappa shape index (κ2) is 5.00. The summed E-state index contributed by atoms with van der Waals surface area (Å²) in [7, 11) is 1.35. The number of benzene rings is 1. The van der Waals surface area contributed by atoms with Crippen molar-refractivity contribution >= 4 is 22.0 Å². The van der Waals surface area contributed by atoms with Gasteiger partial charge in [-0.05, 0) is 30.2 Å². The molecule has 0 spiro atoms. The average molecular weight is 258 g/mol. The van der Waals surface area contributed by atoms with E-state index in [0.717, 1.165) is 15.6 Å². The Morgan fingerprint density at radius 2 is 2.29 bits per heavy atom. The molecule has 0 aliphatic carbocycles. The van der Waals surface area contributed by atoms with Gasteiger partial charge in [0.1, 0.15) is 0 Å². The monoisotopic (exact) mass is 257 g/mol. The van der Waals surface area contributed by atoms with Crippen molar-refractivity contribution in [1.82, 2.24) is 5.32 Å². The van der Waals surface area contributed by atoms with Gasteiger partial charge in [0.15, 0.2) is 0 Å². The number of aryl methyl sites for hydroxylation is 1. The molecule has 1 rings (SSSR count). The van der Waals surface area contributed by atoms with Gasteiger partial charge in [-0.3, -0.25) is 0 Å². The van der Waals surface area contributed by atoms with Crippen LogP contribution in [0.1, 0.15) is 11.1 Å². The fraction of sp³-hybridized carbons (Fsp3) is 0.300. The van der Waals surface area contributed by atoms with Gasteiger partial charge >= 0.3 is 6.09 Å². The summed E-state index contributed by atoms with van der Waals surface area (Å²) in [6.45, 7) is 2.48. The number of rotatable bonds is 2. The number of carbonyl (C=O) groups excluding carboxylic acids is 1. The summed E-state index contributed by atoms with van der Waals surface area (Å²) >= 11 is 3.38. The maximum absolute atomic E-state index is 10.8. The van der Waals surface area contributed by atoms with Gasteiger partial charge in [0.2, 0.25) is 0 Å². The van der Waals surface area contributed by atoms with E-state index in [2.05, 4.69) is 26.0 Å². The molecular weight excluding hydrogens is 246 g/mol. The van der Waals surface area contributed by atoms with E-state index < -0.39 is 6.09 Å². The lowest BCUT2D eigenvalue weighted by molar-refractivity contribution is 0.170. The van der Waals surface area contributed by atoms with Crippen molar-refractivity contribution < 1.29 is 9.53 Å². The number of ether oxygens (including phenoxy) is 1. The zero-order chi connectivity index (χ0) is 10.6. The molecule has 0 saturated carbocycles. The van der Waals surface area contributed by atoms with E-state index >= 15 is 0 Å². The van der Waals surface area contributed by atoms with E-state index in [1.54, 1.807) is 0 Å². The zero-order valence-electron chi connectivity index (χ0n) is 8.13. The largest absolute Gasteiger partial charge is 0.453 e. The van der Waals surface area contributed by atoms with Gasteiger partial charge < -0.3 is 10.1 Å². The van der Waals surface area contributed by atoms with E-state index in [0.29, 0.717) is 6.54 Å². The van der Waals surface area contributed by atoms with Crippen LogP contribution in [-0.2, 0) is 11.3 Å². The predicted octanol–water partition coefficient (Wildman–Crippen LogP) is 2.61. The summed E-state index contributed by atoms with van der Waals surface area (Å²) in [5.74, 6) is 0. The molecule has 1 amide bonds. The van der Waals surface area contributed by atoms with Gasteiger partial charge in [0.05, 0.1) is 7.11 Å². The lowest BCUT2D eigenvalue weighted by Crippen LogP contribution is -2.22. The van der Waals surface area contributed by atoms with Crippen LogP contribution in [-0.4, -0.2) is 13.2 Å². The Morgan fingerprint density at radius 1 is 1.57 bits per heavy atom. The first-order valence-electron chi connectivity index (χ1n) is 4.20. The van der Waals surface area contributed by atoms with Crippen LogP contribution in [0.15, 0.2) is 22.7 Å². The molecule has 1 N–H and O–H groups in total. The minimum absolute atomic E-state index is 0.413. The van der Waals surface area contributed by atoms with Crippen molar-refractivity contribution in [2.45, 2.75) is 13.5 Å². The standard InChI is InChI=1S/C10H12BrNO2/c1-7-3-4-9(11)5-8(7)6-12-10(13)14-2/h3-5H,6H2,1-2H3,(H,12,13). The zero-order valence-corrected chi connectivity index (χ0v) is 9.72. The first-order valence-corrected chi connectivity index (χ1v) is 4.99. The van der Waals surface area contributed by atoms with Gasteiger partial charge in [-0.25, -0.2) is 4.79 Å². The maximum Gasteiger partial charge on any atom is 0.407 e. The number of hydrogen-bond acceptors (Lipinski definition) is 2. The fourth-order valence-corrected chi connectivity index (χ4v) is 1.48. The molecule has 0 aliphatic rings. The van der Waals surface area contributed by atoms with Crippen LogP contribution in [0, 0.1) is 6.92 Å². The molecule has 0 bridgehead atoms. The molecule has 0 aliphatic heterocycles. The van der Waals surface area contributed by atoms with Crippen molar-refractivity contribution in [2.24, 2.45) is 0 Å². The molecule has 0 heterocycles. The maximum atomic E-state index is 10.8. The Labute approximate surface area is 91.6 Å². The van der Waals surface area contributed by atoms with Gasteiger partial charge in [-0.1, -0.05) is 22.0 Å². The molecule has 0 unspecified atom stereocenters. The molecular formula is C10H12BrNO2. The molecule has 1 aromatic carbocycles. The predicted molar refractivity (Wildman–Crippen MR) is 58.1 cm³/mol. The Balaban J connectivity index is 2.66. The number of nitrogens with one attached hydrogen (secondary N) is 1. The summed E-state index contributed by atoms with van der Waals surface area (Å²) < 4.78 is 5.48. The number of carbonyl (C=O) groups is 1. The third kappa shape index (κ3) is 3.03. The van der Waals surface area contributed by atoms with E-state index in [1.807, 2.05) is 25.1 Å². The lowest BCUT2D eigenvalue weighted by atomic mass is 10.1. The summed E-state index contributed by atoms with van der Waals surface area (Å²) in [5.41, 5.74) is 2.22. The fourth-order valence-electron chi connectivity index (χ4n) is 1.07. The molecule has 0 atom stereocenters. The number of halogens is 1. The number of methoxy groups -OCH3 is 1. The molecule has 0 aromatic heterocycles. The Bertz CT molecular complexity index is 339. The van der Waals surface area contributed by atoms with E-state index in [1.165, 1.54) is 7.11 Å². The van der Waals surface area contributed by atoms with Crippen LogP contribution in [0.5, 0.6) is 0 Å². The third-order valence-corrected chi connectivity index (χ3v) is 2.41. The summed E-state index contributed by atoms with van der Waals surface area (Å²) in [6.07, 6.45) is -0.413. The Kier molecular flexibility index (Phi) is 3.95. The Hall–Kier alpha value is -1.03. The SMILES string of the molecule is COC(=O)NCc1cc(Br)ccc1C. The number of alkyl carbamates (subject to hydrolysis) is 1. The van der Waals surface area contributed by atoms with Crippen molar-refractivity contribution in [1.29, 1.82) is 0 Å². The highest BCUT2D eigenvalue weighted by atomic mass is 79.9. The molecule has 0 saturated heterocycles. The van der Waals surface area contributed by atoms with Crippen LogP contribution in [0.2, 0.25) is 0 Å². The molecule has 0 fully saturated rings. The van der Waals surface area contributed by atoms with Crippen molar-refractivity contribution in [3.63, 3.8) is 0 Å². The molecule has 3 nitrogen and oxygen atoms in total. The average Bonchev–Trinajstić information content (AvgIpc) is 2.19. The molecule has 1 aromatic rings. The summed E-state index contributed by atoms with van der Waals surface area (Å²) in [6, 6.07) is 5.95. The lowest BCUT2D eigenvalue weighted by Gasteiger charge is -2.07. The topological polar surface area (TPSA) is 38.3 Å². The minimum atomic E-state index is -0.413. The van der Waals surface area contributed by atoms with Crippen LogP contribution in [0.25, 0.3) is 0 Å². The second-order valence-electron chi connectivity index (χ2n) is 2.92. The molecule has 76 valence electrons. The highest BCUT2D eigenvalue weighted by Crippen LogP contribution is 2.15. The van der Waals surface area contributed by atoms with Gasteiger partial charge in [0.25, 0.3) is 0 Å². The van der Waals surface area contributed by atoms with Crippen LogP contribution in [0.3, 0.4) is 0 Å². The van der Waals surface area contributed by atoms with Gasteiger partial charge in [-0.15, -0.1) is 0 Å². The van der Waals surface area contributed by atoms with Crippen LogP contribution < -0.4 is 5.32 Å². The van der Waals surface area contributed by atoms with Crippen molar-refractivity contribution in [3.8, 4) is 0 Å². The van der Waals surface area contributed by atoms with Crippen LogP contribution in [0.4, 0.5) is 4.79 Å². The van der Waals surface area contributed by atoms with E-state index in [-0.39, 0.29) is 0 Å². The van der Waals surface area contributed by atoms with Crippen molar-refractivity contribution in [2.75, 3.05) is 7.11 Å². The van der Waals surface area contributed by atoms with Gasteiger partial charge in [0, 0.05) is 11.0 Å². The smallest absolute Gasteiger partial charge is 0.407 e. The summed E-state index contributed by atoms with van der Waals surface area (Å²) in [4.78, 5) is 10.8. The highest BCUT2D eigenvalue weighted by molar-refractivity contribution is 9.10. The Morgan fingerprint density at radius 3 is 2.93 bits per heavy atom. The minimum Gasteiger partial charge on any atom is -0.453 e. The normalized spacial score (nSPS) is 9.64. The van der Waals surface area contributed by atoms with Crippen LogP contribution >= 0.6 is 15.9 Å². The molecule has 14 heavy (non-hydrogen) atoms. The highest BCUT2D eigenvalue weighted by Gasteiger charge is 2.02.